The van der Waals surface area contributed by atoms with Gasteiger partial charge >= 0.3 is 0 Å². The molecule has 9 heteroatoms. The molecule has 0 aliphatic rings. The Bertz CT molecular complexity index is 997. The molecule has 0 amide bonds. The lowest BCUT2D eigenvalue weighted by molar-refractivity contribution is 0.584. The third-order valence-corrected chi connectivity index (χ3v) is 5.04. The Hall–Kier alpha value is -2.35. The molecule has 6 nitrogen and oxygen atoms in total. The molecule has 0 fully saturated rings. The van der Waals surface area contributed by atoms with Crippen molar-refractivity contribution in [2.75, 3.05) is 0 Å². The molecule has 1 heterocycles. The number of nitrogens with one attached hydrogen (secondary N) is 2. The average Bonchev–Trinajstić information content (AvgIpc) is 3.04. The van der Waals surface area contributed by atoms with Crippen molar-refractivity contribution in [1.82, 2.24) is 15.0 Å². The van der Waals surface area contributed by atoms with Crippen LogP contribution < -0.4 is 4.83 Å². The Morgan fingerprint density at radius 3 is 2.24 bits per heavy atom. The minimum Gasteiger partial charge on any atom is -0.277 e. The third kappa shape index (κ3) is 4.19. The first-order valence-electron chi connectivity index (χ1n) is 7.05. The number of hydrogen-bond donors (Lipinski definition) is 2. The van der Waals surface area contributed by atoms with Crippen molar-refractivity contribution in [3.05, 3.63) is 70.3 Å². The highest BCUT2D eigenvalue weighted by Gasteiger charge is 2.12. The van der Waals surface area contributed by atoms with Gasteiger partial charge in [-0.25, -0.2) is 4.83 Å². The molecule has 0 saturated carbocycles. The summed E-state index contributed by atoms with van der Waals surface area (Å²) in [6, 6.07) is 12.9. The standard InChI is InChI=1S/C16H12Cl2N4O2S/c17-13-3-1-11(2-4-13)16-12(9-19-21-16)10-20-22-25(23,24)15-7-5-14(18)6-8-15/h1-10,22H,(H,19,21)/b20-10-. The van der Waals surface area contributed by atoms with E-state index in [-0.39, 0.29) is 4.90 Å². The van der Waals surface area contributed by atoms with Crippen molar-refractivity contribution in [2.45, 2.75) is 4.90 Å². The molecule has 0 aliphatic heterocycles. The maximum atomic E-state index is 12.2. The van der Waals surface area contributed by atoms with E-state index in [2.05, 4.69) is 20.1 Å². The van der Waals surface area contributed by atoms with Crippen LogP contribution in [0.4, 0.5) is 0 Å². The minimum absolute atomic E-state index is 0.0687. The number of rotatable bonds is 5. The van der Waals surface area contributed by atoms with Crippen molar-refractivity contribution < 1.29 is 8.42 Å². The molecule has 0 spiro atoms. The van der Waals surface area contributed by atoms with Crippen molar-refractivity contribution in [2.24, 2.45) is 5.10 Å². The average molecular weight is 395 g/mol. The SMILES string of the molecule is O=S(=O)(N/N=C\c1cn[nH]c1-c1ccc(Cl)cc1)c1ccc(Cl)cc1. The van der Waals surface area contributed by atoms with Crippen LogP contribution >= 0.6 is 23.2 Å². The van der Waals surface area contributed by atoms with Crippen LogP contribution in [0.25, 0.3) is 11.3 Å². The molecule has 0 bridgehead atoms. The minimum atomic E-state index is -3.77. The maximum Gasteiger partial charge on any atom is 0.276 e. The van der Waals surface area contributed by atoms with Crippen LogP contribution in [-0.4, -0.2) is 24.8 Å². The zero-order chi connectivity index (χ0) is 17.9. The van der Waals surface area contributed by atoms with Crippen molar-refractivity contribution in [3.63, 3.8) is 0 Å². The second kappa shape index (κ2) is 7.26. The number of aromatic nitrogens is 2. The van der Waals surface area contributed by atoms with Crippen LogP contribution in [0.1, 0.15) is 5.56 Å². The summed E-state index contributed by atoms with van der Waals surface area (Å²) in [5.41, 5.74) is 2.18. The lowest BCUT2D eigenvalue weighted by Gasteiger charge is -2.03. The van der Waals surface area contributed by atoms with Gasteiger partial charge in [0, 0.05) is 21.2 Å². The van der Waals surface area contributed by atoms with E-state index < -0.39 is 10.0 Å². The molecule has 0 unspecified atom stereocenters. The van der Waals surface area contributed by atoms with E-state index in [9.17, 15) is 8.42 Å². The molecule has 0 radical (unpaired) electrons. The number of aromatic amines is 1. The summed E-state index contributed by atoms with van der Waals surface area (Å²) < 4.78 is 24.3. The first kappa shape index (κ1) is 17.5. The number of hydrogen-bond acceptors (Lipinski definition) is 4. The van der Waals surface area contributed by atoms with Crippen LogP contribution in [0.5, 0.6) is 0 Å². The number of H-pyrrole nitrogens is 1. The molecule has 0 aliphatic carbocycles. The van der Waals surface area contributed by atoms with Gasteiger partial charge in [0.05, 0.1) is 23.0 Å². The van der Waals surface area contributed by atoms with Gasteiger partial charge in [-0.3, -0.25) is 5.10 Å². The second-order valence-electron chi connectivity index (χ2n) is 5.01. The fourth-order valence-corrected chi connectivity index (χ4v) is 3.12. The predicted octanol–water partition coefficient (Wildman–Crippen LogP) is 3.70. The Balaban J connectivity index is 1.78. The van der Waals surface area contributed by atoms with Crippen LogP contribution in [0.2, 0.25) is 10.0 Å². The summed E-state index contributed by atoms with van der Waals surface area (Å²) in [6.45, 7) is 0. The largest absolute Gasteiger partial charge is 0.277 e. The van der Waals surface area contributed by atoms with Gasteiger partial charge in [0.15, 0.2) is 0 Å². The first-order chi connectivity index (χ1) is 12.0. The molecular formula is C16H12Cl2N4O2S. The number of benzene rings is 2. The van der Waals surface area contributed by atoms with Gasteiger partial charge in [0.25, 0.3) is 10.0 Å². The number of nitrogens with zero attached hydrogens (tertiary/aromatic N) is 2. The number of sulfonamides is 1. The van der Waals surface area contributed by atoms with Gasteiger partial charge < -0.3 is 0 Å². The van der Waals surface area contributed by atoms with Gasteiger partial charge in [-0.15, -0.1) is 0 Å². The summed E-state index contributed by atoms with van der Waals surface area (Å²) in [4.78, 5) is 2.23. The van der Waals surface area contributed by atoms with Crippen LogP contribution in [-0.2, 0) is 10.0 Å². The van der Waals surface area contributed by atoms with Crippen LogP contribution in [0.3, 0.4) is 0 Å². The molecule has 1 aromatic heterocycles. The van der Waals surface area contributed by atoms with Crippen molar-refractivity contribution in [1.29, 1.82) is 0 Å². The highest BCUT2D eigenvalue weighted by atomic mass is 35.5. The Morgan fingerprint density at radius 2 is 1.60 bits per heavy atom. The molecule has 128 valence electrons. The molecule has 2 aromatic carbocycles. The Morgan fingerprint density at radius 1 is 1.00 bits per heavy atom. The summed E-state index contributed by atoms with van der Waals surface area (Å²) in [6.07, 6.45) is 2.92. The van der Waals surface area contributed by atoms with E-state index in [4.69, 9.17) is 23.2 Å². The van der Waals surface area contributed by atoms with Crippen LogP contribution in [0.15, 0.2) is 64.7 Å². The highest BCUT2D eigenvalue weighted by molar-refractivity contribution is 7.89. The zero-order valence-corrected chi connectivity index (χ0v) is 15.0. The Kier molecular flexibility index (Phi) is 5.08. The first-order valence-corrected chi connectivity index (χ1v) is 9.29. The molecule has 3 rings (SSSR count). The molecule has 3 aromatic rings. The topological polar surface area (TPSA) is 87.2 Å². The fourth-order valence-electron chi connectivity index (χ4n) is 2.07. The van der Waals surface area contributed by atoms with E-state index >= 15 is 0 Å². The predicted molar refractivity (Wildman–Crippen MR) is 98.4 cm³/mol. The molecule has 0 saturated heterocycles. The number of hydrazone groups is 1. The van der Waals surface area contributed by atoms with Crippen molar-refractivity contribution >= 4 is 39.4 Å². The van der Waals surface area contributed by atoms with E-state index in [1.54, 1.807) is 18.3 Å². The van der Waals surface area contributed by atoms with E-state index in [1.807, 2.05) is 12.1 Å². The zero-order valence-electron chi connectivity index (χ0n) is 12.6. The highest BCUT2D eigenvalue weighted by Crippen LogP contribution is 2.22. The van der Waals surface area contributed by atoms with Crippen molar-refractivity contribution in [3.8, 4) is 11.3 Å². The summed E-state index contributed by atoms with van der Waals surface area (Å²) >= 11 is 11.6. The lowest BCUT2D eigenvalue weighted by Crippen LogP contribution is -2.18. The second-order valence-corrected chi connectivity index (χ2v) is 7.55. The van der Waals surface area contributed by atoms with E-state index in [1.165, 1.54) is 30.5 Å². The van der Waals surface area contributed by atoms with Gasteiger partial charge in [0.1, 0.15) is 0 Å². The van der Waals surface area contributed by atoms with Gasteiger partial charge in [0.2, 0.25) is 0 Å². The molecule has 25 heavy (non-hydrogen) atoms. The van der Waals surface area contributed by atoms with Gasteiger partial charge in [-0.2, -0.15) is 18.6 Å². The lowest BCUT2D eigenvalue weighted by atomic mass is 10.1. The Labute approximate surface area is 154 Å². The van der Waals surface area contributed by atoms with E-state index in [0.717, 1.165) is 5.56 Å². The number of halogens is 2. The summed E-state index contributed by atoms with van der Waals surface area (Å²) in [5.74, 6) is 0. The maximum absolute atomic E-state index is 12.2. The monoisotopic (exact) mass is 394 g/mol. The van der Waals surface area contributed by atoms with Gasteiger partial charge in [-0.1, -0.05) is 35.3 Å². The molecular weight excluding hydrogens is 383 g/mol. The fraction of sp³-hybridized carbons (Fsp3) is 0. The quantitative estimate of drug-likeness (QED) is 0.510. The normalized spacial score (nSPS) is 11.8. The van der Waals surface area contributed by atoms with Crippen LogP contribution in [0, 0.1) is 0 Å². The summed E-state index contributed by atoms with van der Waals surface area (Å²) in [7, 11) is -3.77. The summed E-state index contributed by atoms with van der Waals surface area (Å²) in [5, 5.41) is 11.7. The molecule has 0 atom stereocenters. The van der Waals surface area contributed by atoms with Gasteiger partial charge in [-0.05, 0) is 36.4 Å². The smallest absolute Gasteiger partial charge is 0.276 e. The molecule has 2 N–H and O–H groups in total. The van der Waals surface area contributed by atoms with E-state index in [0.29, 0.717) is 21.3 Å². The third-order valence-electron chi connectivity index (χ3n) is 3.30.